The standard InChI is InChI=1S/C9H15ClN4/c1-3-4-6(2)14-9-7(11)8(10)12-5-13-9/h5-6H,3-4,11H2,1-2H3,(H,12,13,14). The van der Waals surface area contributed by atoms with Crippen molar-refractivity contribution >= 4 is 23.1 Å². The van der Waals surface area contributed by atoms with Crippen molar-refractivity contribution in [3.8, 4) is 0 Å². The normalized spacial score (nSPS) is 12.5. The van der Waals surface area contributed by atoms with Crippen LogP contribution in [0.5, 0.6) is 0 Å². The van der Waals surface area contributed by atoms with Crippen LogP contribution < -0.4 is 11.1 Å². The van der Waals surface area contributed by atoms with Gasteiger partial charge in [0, 0.05) is 6.04 Å². The molecule has 0 saturated carbocycles. The molecular weight excluding hydrogens is 200 g/mol. The Morgan fingerprint density at radius 2 is 2.29 bits per heavy atom. The molecule has 1 atom stereocenters. The zero-order chi connectivity index (χ0) is 10.6. The van der Waals surface area contributed by atoms with E-state index in [4.69, 9.17) is 17.3 Å². The summed E-state index contributed by atoms with van der Waals surface area (Å²) in [6.07, 6.45) is 3.59. The monoisotopic (exact) mass is 214 g/mol. The van der Waals surface area contributed by atoms with E-state index in [2.05, 4.69) is 29.1 Å². The highest BCUT2D eigenvalue weighted by Gasteiger charge is 2.08. The van der Waals surface area contributed by atoms with E-state index < -0.39 is 0 Å². The Balaban J connectivity index is 2.71. The highest BCUT2D eigenvalue weighted by molar-refractivity contribution is 6.32. The Morgan fingerprint density at radius 1 is 1.57 bits per heavy atom. The molecule has 1 unspecified atom stereocenters. The molecule has 0 aromatic carbocycles. The lowest BCUT2D eigenvalue weighted by Gasteiger charge is -2.14. The molecule has 0 radical (unpaired) electrons. The smallest absolute Gasteiger partial charge is 0.157 e. The molecule has 0 spiro atoms. The van der Waals surface area contributed by atoms with Crippen molar-refractivity contribution in [2.24, 2.45) is 0 Å². The molecule has 1 aromatic heterocycles. The fourth-order valence-corrected chi connectivity index (χ4v) is 1.36. The average Bonchev–Trinajstić information content (AvgIpc) is 2.13. The summed E-state index contributed by atoms with van der Waals surface area (Å²) in [6, 6.07) is 0.341. The minimum atomic E-state index is 0.297. The summed E-state index contributed by atoms with van der Waals surface area (Å²) >= 11 is 5.76. The molecule has 0 bridgehead atoms. The van der Waals surface area contributed by atoms with Gasteiger partial charge in [-0.2, -0.15) is 0 Å². The number of nitrogens with one attached hydrogen (secondary N) is 1. The van der Waals surface area contributed by atoms with Crippen LogP contribution >= 0.6 is 11.6 Å². The zero-order valence-electron chi connectivity index (χ0n) is 8.42. The van der Waals surface area contributed by atoms with Gasteiger partial charge in [-0.15, -0.1) is 0 Å². The fraction of sp³-hybridized carbons (Fsp3) is 0.556. The summed E-state index contributed by atoms with van der Waals surface area (Å²) in [5.41, 5.74) is 6.12. The summed E-state index contributed by atoms with van der Waals surface area (Å²) in [4.78, 5) is 7.81. The lowest BCUT2D eigenvalue weighted by Crippen LogP contribution is -2.17. The summed E-state index contributed by atoms with van der Waals surface area (Å²) in [6.45, 7) is 4.22. The van der Waals surface area contributed by atoms with Gasteiger partial charge in [0.15, 0.2) is 11.0 Å². The summed E-state index contributed by atoms with van der Waals surface area (Å²) in [7, 11) is 0. The van der Waals surface area contributed by atoms with Crippen LogP contribution in [0.2, 0.25) is 5.15 Å². The van der Waals surface area contributed by atoms with Crippen LogP contribution in [-0.4, -0.2) is 16.0 Å². The van der Waals surface area contributed by atoms with E-state index in [9.17, 15) is 0 Å². The second-order valence-electron chi connectivity index (χ2n) is 3.26. The molecule has 3 N–H and O–H groups in total. The Labute approximate surface area is 88.9 Å². The third-order valence-electron chi connectivity index (χ3n) is 1.94. The second kappa shape index (κ2) is 5.00. The fourth-order valence-electron chi connectivity index (χ4n) is 1.23. The number of rotatable bonds is 4. The minimum Gasteiger partial charge on any atom is -0.393 e. The number of nitrogens with two attached hydrogens (primary N) is 1. The Morgan fingerprint density at radius 3 is 2.93 bits per heavy atom. The summed E-state index contributed by atoms with van der Waals surface area (Å²) in [5, 5.41) is 3.49. The number of aromatic nitrogens is 2. The summed E-state index contributed by atoms with van der Waals surface area (Å²) < 4.78 is 0. The first-order chi connectivity index (χ1) is 6.65. The molecule has 0 saturated heterocycles. The quantitative estimate of drug-likeness (QED) is 0.755. The van der Waals surface area contributed by atoms with Crippen molar-refractivity contribution in [3.05, 3.63) is 11.5 Å². The number of anilines is 2. The van der Waals surface area contributed by atoms with E-state index in [1.165, 1.54) is 6.33 Å². The topological polar surface area (TPSA) is 63.8 Å². The predicted molar refractivity (Wildman–Crippen MR) is 59.4 cm³/mol. The largest absolute Gasteiger partial charge is 0.393 e. The van der Waals surface area contributed by atoms with Crippen LogP contribution in [-0.2, 0) is 0 Å². The lowest BCUT2D eigenvalue weighted by molar-refractivity contribution is 0.687. The van der Waals surface area contributed by atoms with Crippen molar-refractivity contribution in [2.75, 3.05) is 11.1 Å². The third-order valence-corrected chi connectivity index (χ3v) is 2.24. The number of hydrogen-bond acceptors (Lipinski definition) is 4. The van der Waals surface area contributed by atoms with E-state index in [0.29, 0.717) is 22.7 Å². The number of hydrogen-bond donors (Lipinski definition) is 2. The maximum Gasteiger partial charge on any atom is 0.157 e. The average molecular weight is 215 g/mol. The molecule has 1 rings (SSSR count). The molecule has 78 valence electrons. The van der Waals surface area contributed by atoms with Crippen LogP contribution in [0, 0.1) is 0 Å². The Kier molecular flexibility index (Phi) is 3.95. The lowest BCUT2D eigenvalue weighted by atomic mass is 10.2. The predicted octanol–water partition coefficient (Wildman–Crippen LogP) is 2.31. The second-order valence-corrected chi connectivity index (χ2v) is 3.62. The van der Waals surface area contributed by atoms with Crippen molar-refractivity contribution < 1.29 is 0 Å². The van der Waals surface area contributed by atoms with Crippen LogP contribution in [0.15, 0.2) is 6.33 Å². The molecule has 0 aliphatic rings. The molecule has 0 aliphatic carbocycles. The van der Waals surface area contributed by atoms with Gasteiger partial charge in [0.25, 0.3) is 0 Å². The molecule has 1 aromatic rings. The van der Waals surface area contributed by atoms with Gasteiger partial charge in [-0.3, -0.25) is 0 Å². The van der Waals surface area contributed by atoms with E-state index >= 15 is 0 Å². The van der Waals surface area contributed by atoms with Crippen molar-refractivity contribution in [1.82, 2.24) is 9.97 Å². The number of nitrogen functional groups attached to an aromatic ring is 1. The molecule has 14 heavy (non-hydrogen) atoms. The van der Waals surface area contributed by atoms with E-state index in [1.807, 2.05) is 0 Å². The van der Waals surface area contributed by atoms with Crippen molar-refractivity contribution in [2.45, 2.75) is 32.7 Å². The van der Waals surface area contributed by atoms with Crippen molar-refractivity contribution in [1.29, 1.82) is 0 Å². The molecule has 4 nitrogen and oxygen atoms in total. The maximum absolute atomic E-state index is 5.76. The van der Waals surface area contributed by atoms with Crippen LogP contribution in [0.3, 0.4) is 0 Å². The van der Waals surface area contributed by atoms with Gasteiger partial charge >= 0.3 is 0 Å². The minimum absolute atomic E-state index is 0.297. The first kappa shape index (κ1) is 11.0. The third kappa shape index (κ3) is 2.73. The van der Waals surface area contributed by atoms with Crippen LogP contribution in [0.25, 0.3) is 0 Å². The molecular formula is C9H15ClN4. The molecule has 1 heterocycles. The van der Waals surface area contributed by atoms with Gasteiger partial charge in [0.05, 0.1) is 0 Å². The molecule has 0 fully saturated rings. The van der Waals surface area contributed by atoms with E-state index in [-0.39, 0.29) is 0 Å². The highest BCUT2D eigenvalue weighted by Crippen LogP contribution is 2.22. The SMILES string of the molecule is CCCC(C)Nc1ncnc(Cl)c1N. The van der Waals surface area contributed by atoms with Gasteiger partial charge in [-0.25, -0.2) is 9.97 Å². The maximum atomic E-state index is 5.76. The first-order valence-corrected chi connectivity index (χ1v) is 5.05. The van der Waals surface area contributed by atoms with Gasteiger partial charge in [-0.1, -0.05) is 24.9 Å². The van der Waals surface area contributed by atoms with E-state index in [1.54, 1.807) is 0 Å². The number of halogens is 1. The van der Waals surface area contributed by atoms with Gasteiger partial charge in [0.1, 0.15) is 12.0 Å². The number of nitrogens with zero attached hydrogens (tertiary/aromatic N) is 2. The highest BCUT2D eigenvalue weighted by atomic mass is 35.5. The van der Waals surface area contributed by atoms with Gasteiger partial charge in [-0.05, 0) is 13.3 Å². The van der Waals surface area contributed by atoms with Crippen LogP contribution in [0.4, 0.5) is 11.5 Å². The Hall–Kier alpha value is -1.03. The Bertz CT molecular complexity index is 303. The van der Waals surface area contributed by atoms with Gasteiger partial charge < -0.3 is 11.1 Å². The molecule has 5 heteroatoms. The van der Waals surface area contributed by atoms with Crippen molar-refractivity contribution in [3.63, 3.8) is 0 Å². The van der Waals surface area contributed by atoms with E-state index in [0.717, 1.165) is 12.8 Å². The van der Waals surface area contributed by atoms with Gasteiger partial charge in [0.2, 0.25) is 0 Å². The van der Waals surface area contributed by atoms with Crippen LogP contribution in [0.1, 0.15) is 26.7 Å². The summed E-state index contributed by atoms with van der Waals surface area (Å²) in [5.74, 6) is 0.617. The first-order valence-electron chi connectivity index (χ1n) is 4.67. The molecule has 0 amide bonds. The molecule has 0 aliphatic heterocycles. The zero-order valence-corrected chi connectivity index (χ0v) is 9.17.